The van der Waals surface area contributed by atoms with Crippen LogP contribution in [0.5, 0.6) is 0 Å². The van der Waals surface area contributed by atoms with E-state index >= 15 is 0 Å². The number of hydrogen-bond acceptors (Lipinski definition) is 7. The minimum atomic E-state index is -0.649. The lowest BCUT2D eigenvalue weighted by Gasteiger charge is -2.43. The molecule has 33 heavy (non-hydrogen) atoms. The van der Waals surface area contributed by atoms with E-state index in [9.17, 15) is 9.59 Å². The van der Waals surface area contributed by atoms with Crippen LogP contribution in [0.15, 0.2) is 41.1 Å². The fourth-order valence-corrected chi connectivity index (χ4v) is 3.88. The van der Waals surface area contributed by atoms with Gasteiger partial charge in [0.1, 0.15) is 10.6 Å². The first kappa shape index (κ1) is 25.3. The average molecular weight is 481 g/mol. The van der Waals surface area contributed by atoms with Gasteiger partial charge in [0.05, 0.1) is 24.6 Å². The minimum Gasteiger partial charge on any atom is -0.444 e. The summed E-state index contributed by atoms with van der Waals surface area (Å²) in [6, 6.07) is 9.20. The van der Waals surface area contributed by atoms with Crippen LogP contribution >= 0.6 is 11.6 Å². The second-order valence-electron chi connectivity index (χ2n) is 8.71. The summed E-state index contributed by atoms with van der Waals surface area (Å²) in [5.41, 5.74) is 3.82. The van der Waals surface area contributed by atoms with Gasteiger partial charge in [-0.2, -0.15) is 5.43 Å². The lowest BCUT2D eigenvalue weighted by Crippen LogP contribution is -2.59. The Labute approximate surface area is 200 Å². The van der Waals surface area contributed by atoms with Crippen molar-refractivity contribution in [2.45, 2.75) is 39.5 Å². The minimum absolute atomic E-state index is 0.0877. The molecule has 1 aromatic rings. The second kappa shape index (κ2) is 11.2. The number of ether oxygens (including phenoxy) is 3. The predicted octanol–water partition coefficient (Wildman–Crippen LogP) is 2.92. The molecule has 1 saturated heterocycles. The van der Waals surface area contributed by atoms with E-state index in [2.05, 4.69) is 5.43 Å². The van der Waals surface area contributed by atoms with Crippen LogP contribution in [0.2, 0.25) is 0 Å². The monoisotopic (exact) mass is 480 g/mol. The number of carbonyl (C=O) groups excluding carboxylic acids is 2. The average Bonchev–Trinajstić information content (AvgIpc) is 2.78. The zero-order valence-corrected chi connectivity index (χ0v) is 20.4. The van der Waals surface area contributed by atoms with Crippen molar-refractivity contribution in [2.24, 2.45) is 0 Å². The first-order valence-corrected chi connectivity index (χ1v) is 11.6. The van der Waals surface area contributed by atoms with E-state index in [0.717, 1.165) is 0 Å². The van der Waals surface area contributed by atoms with Crippen LogP contribution < -0.4 is 10.4 Å². The molecule has 182 valence electrons. The summed E-state index contributed by atoms with van der Waals surface area (Å²) in [6.45, 7) is 10.7. The number of carbonyl (C=O) groups is 2. The van der Waals surface area contributed by atoms with Gasteiger partial charge in [-0.15, -0.1) is 0 Å². The van der Waals surface area contributed by atoms with Crippen molar-refractivity contribution in [2.75, 3.05) is 51.0 Å². The van der Waals surface area contributed by atoms with Gasteiger partial charge in [-0.05, 0) is 39.8 Å². The first-order valence-electron chi connectivity index (χ1n) is 11.2. The number of nitrogens with zero attached hydrogens (tertiary/aromatic N) is 3. The molecular formula is C23H33ClN4O5. The van der Waals surface area contributed by atoms with Gasteiger partial charge in [-0.1, -0.05) is 29.8 Å². The van der Waals surface area contributed by atoms with Crippen molar-refractivity contribution in [3.63, 3.8) is 0 Å². The molecule has 0 spiro atoms. The molecule has 10 heteroatoms. The molecule has 0 saturated carbocycles. The van der Waals surface area contributed by atoms with Crippen molar-refractivity contribution in [3.05, 3.63) is 41.1 Å². The molecule has 2 heterocycles. The summed E-state index contributed by atoms with van der Waals surface area (Å²) in [5, 5.41) is 1.48. The predicted molar refractivity (Wildman–Crippen MR) is 126 cm³/mol. The number of rotatable bonds is 7. The van der Waals surface area contributed by atoms with Crippen molar-refractivity contribution >= 4 is 29.3 Å². The number of halogens is 1. The molecule has 3 rings (SSSR count). The SMILES string of the molecule is CCOCCOC1NN(c2ccccc2)C(=O)C(Cl)=C1N1CCN(C(=O)OC(C)(C)C)CC1. The number of benzene rings is 1. The molecule has 0 radical (unpaired) electrons. The lowest BCUT2D eigenvalue weighted by atomic mass is 10.2. The Morgan fingerprint density at radius 1 is 1.12 bits per heavy atom. The van der Waals surface area contributed by atoms with Crippen LogP contribution in [0.4, 0.5) is 10.5 Å². The van der Waals surface area contributed by atoms with Crippen LogP contribution in [0.3, 0.4) is 0 Å². The Kier molecular flexibility index (Phi) is 8.58. The van der Waals surface area contributed by atoms with Gasteiger partial charge in [0.25, 0.3) is 5.91 Å². The number of hydrazine groups is 1. The topological polar surface area (TPSA) is 83.6 Å². The third kappa shape index (κ3) is 6.60. The maximum atomic E-state index is 13.1. The molecule has 1 unspecified atom stereocenters. The fraction of sp³-hybridized carbons (Fsp3) is 0.565. The third-order valence-electron chi connectivity index (χ3n) is 5.11. The molecule has 9 nitrogen and oxygen atoms in total. The summed E-state index contributed by atoms with van der Waals surface area (Å²) in [6.07, 6.45) is -0.997. The van der Waals surface area contributed by atoms with Gasteiger partial charge in [0, 0.05) is 32.8 Å². The van der Waals surface area contributed by atoms with E-state index in [4.69, 9.17) is 25.8 Å². The molecule has 1 aromatic carbocycles. The highest BCUT2D eigenvalue weighted by atomic mass is 35.5. The highest BCUT2D eigenvalue weighted by Gasteiger charge is 2.38. The number of anilines is 1. The van der Waals surface area contributed by atoms with Crippen LogP contribution in [0, 0.1) is 0 Å². The summed E-state index contributed by atoms with van der Waals surface area (Å²) in [7, 11) is 0. The van der Waals surface area contributed by atoms with Crippen LogP contribution in [0.25, 0.3) is 0 Å². The Bertz CT molecular complexity index is 850. The zero-order valence-electron chi connectivity index (χ0n) is 19.7. The Hall–Kier alpha value is -2.33. The van der Waals surface area contributed by atoms with E-state index in [1.54, 1.807) is 4.90 Å². The third-order valence-corrected chi connectivity index (χ3v) is 5.47. The van der Waals surface area contributed by atoms with Crippen LogP contribution in [0.1, 0.15) is 27.7 Å². The molecule has 0 aliphatic carbocycles. The number of piperazine rings is 1. The quantitative estimate of drug-likeness (QED) is 0.601. The van der Waals surface area contributed by atoms with Gasteiger partial charge in [-0.25, -0.2) is 9.80 Å². The van der Waals surface area contributed by atoms with Crippen molar-refractivity contribution in [3.8, 4) is 0 Å². The van der Waals surface area contributed by atoms with Gasteiger partial charge < -0.3 is 24.0 Å². The Morgan fingerprint density at radius 3 is 2.39 bits per heavy atom. The molecule has 2 aliphatic rings. The second-order valence-corrected chi connectivity index (χ2v) is 9.08. The van der Waals surface area contributed by atoms with E-state index in [1.807, 2.05) is 62.9 Å². The maximum absolute atomic E-state index is 13.1. The molecule has 1 N–H and O–H groups in total. The molecule has 2 aliphatic heterocycles. The summed E-state index contributed by atoms with van der Waals surface area (Å²) < 4.78 is 16.9. The molecule has 0 aromatic heterocycles. The maximum Gasteiger partial charge on any atom is 0.410 e. The van der Waals surface area contributed by atoms with Gasteiger partial charge in [0.2, 0.25) is 0 Å². The Balaban J connectivity index is 1.76. The molecular weight excluding hydrogens is 448 g/mol. The van der Waals surface area contributed by atoms with Gasteiger partial charge in [-0.3, -0.25) is 4.79 Å². The smallest absolute Gasteiger partial charge is 0.410 e. The van der Waals surface area contributed by atoms with Gasteiger partial charge >= 0.3 is 6.09 Å². The summed E-state index contributed by atoms with van der Waals surface area (Å²) >= 11 is 6.62. The van der Waals surface area contributed by atoms with Gasteiger partial charge in [0.15, 0.2) is 6.23 Å². The number of hydrogen-bond donors (Lipinski definition) is 1. The summed E-state index contributed by atoms with van der Waals surface area (Å²) in [4.78, 5) is 29.2. The molecule has 1 atom stereocenters. The first-order chi connectivity index (χ1) is 15.7. The van der Waals surface area contributed by atoms with Crippen molar-refractivity contribution in [1.82, 2.24) is 15.2 Å². The Morgan fingerprint density at radius 2 is 1.79 bits per heavy atom. The highest BCUT2D eigenvalue weighted by Crippen LogP contribution is 2.29. The van der Waals surface area contributed by atoms with E-state index < -0.39 is 11.8 Å². The van der Waals surface area contributed by atoms with E-state index in [-0.39, 0.29) is 17.0 Å². The largest absolute Gasteiger partial charge is 0.444 e. The lowest BCUT2D eigenvalue weighted by molar-refractivity contribution is -0.118. The number of nitrogens with one attached hydrogen (secondary N) is 1. The van der Waals surface area contributed by atoms with Crippen molar-refractivity contribution < 1.29 is 23.8 Å². The van der Waals surface area contributed by atoms with E-state index in [0.29, 0.717) is 57.4 Å². The summed E-state index contributed by atoms with van der Waals surface area (Å²) in [5.74, 6) is -0.364. The normalized spacial score (nSPS) is 19.8. The van der Waals surface area contributed by atoms with Crippen molar-refractivity contribution in [1.29, 1.82) is 0 Å². The standard InChI is InChI=1S/C23H33ClN4O5/c1-5-31-15-16-32-20-19(18(24)21(29)28(25-20)17-9-7-6-8-10-17)26-11-13-27(14-12-26)22(30)33-23(2,3)4/h6-10,20,25H,5,11-16H2,1-4H3. The fourth-order valence-electron chi connectivity index (χ4n) is 3.58. The van der Waals surface area contributed by atoms with Crippen LogP contribution in [-0.2, 0) is 19.0 Å². The van der Waals surface area contributed by atoms with E-state index in [1.165, 1.54) is 5.01 Å². The molecule has 0 bridgehead atoms. The zero-order chi connectivity index (χ0) is 24.0. The van der Waals surface area contributed by atoms with Crippen LogP contribution in [-0.4, -0.2) is 79.6 Å². The number of amides is 2. The molecule has 2 amide bonds. The number of para-hydroxylation sites is 1. The molecule has 1 fully saturated rings. The highest BCUT2D eigenvalue weighted by molar-refractivity contribution is 6.44.